The lowest BCUT2D eigenvalue weighted by Gasteiger charge is -2.31. The Bertz CT molecular complexity index is 923. The first kappa shape index (κ1) is 24.9. The molecule has 32 heavy (non-hydrogen) atoms. The number of unbranched alkanes of at least 4 members (excludes halogenated alkanes) is 1. The van der Waals surface area contributed by atoms with E-state index >= 15 is 0 Å². The normalized spacial score (nSPS) is 17.6. The van der Waals surface area contributed by atoms with Crippen LogP contribution in [0, 0.1) is 18.7 Å². The van der Waals surface area contributed by atoms with Crippen molar-refractivity contribution in [3.63, 3.8) is 0 Å². The number of carbonyl (C=O) groups excluding carboxylic acids is 2. The van der Waals surface area contributed by atoms with Crippen LogP contribution in [0.25, 0.3) is 0 Å². The third-order valence-corrected chi connectivity index (χ3v) is 7.63. The number of amides is 1. The van der Waals surface area contributed by atoms with Crippen LogP contribution in [0.15, 0.2) is 30.3 Å². The first-order chi connectivity index (χ1) is 15.0. The van der Waals surface area contributed by atoms with Crippen LogP contribution in [0.5, 0.6) is 0 Å². The molecule has 0 radical (unpaired) electrons. The van der Waals surface area contributed by atoms with Gasteiger partial charge in [0.25, 0.3) is 5.91 Å². The second-order valence-electron chi connectivity index (χ2n) is 8.78. The number of ketones is 1. The van der Waals surface area contributed by atoms with Crippen molar-refractivity contribution in [2.75, 3.05) is 32.7 Å². The first-order valence-corrected chi connectivity index (χ1v) is 12.2. The Balaban J connectivity index is 0.00000289. The molecule has 1 aromatic carbocycles. The average molecular weight is 479 g/mol. The van der Waals surface area contributed by atoms with E-state index in [4.69, 9.17) is 0 Å². The molecule has 2 aliphatic rings. The van der Waals surface area contributed by atoms with Gasteiger partial charge < -0.3 is 9.80 Å². The van der Waals surface area contributed by atoms with Crippen molar-refractivity contribution in [2.24, 2.45) is 5.92 Å². The number of nitrogens with zero attached hydrogens (tertiary/aromatic N) is 2. The zero-order chi connectivity index (χ0) is 21.8. The summed E-state index contributed by atoms with van der Waals surface area (Å²) in [7, 11) is 0. The van der Waals surface area contributed by atoms with Crippen molar-refractivity contribution in [1.82, 2.24) is 9.80 Å². The molecule has 4 nitrogen and oxygen atoms in total. The van der Waals surface area contributed by atoms with E-state index in [1.165, 1.54) is 21.9 Å². The number of carbonyl (C=O) groups is 2. The van der Waals surface area contributed by atoms with Gasteiger partial charge in [0.2, 0.25) is 0 Å². The fraction of sp³-hybridized carbons (Fsp3) is 0.520. The number of thiophene rings is 1. The summed E-state index contributed by atoms with van der Waals surface area (Å²) in [6.45, 7) is 6.63. The smallest absolute Gasteiger partial charge is 0.254 e. The summed E-state index contributed by atoms with van der Waals surface area (Å²) in [4.78, 5) is 32.4. The van der Waals surface area contributed by atoms with Crippen LogP contribution in [0.3, 0.4) is 0 Å². The maximum Gasteiger partial charge on any atom is 0.254 e. The minimum Gasteiger partial charge on any atom is -0.339 e. The molecule has 2 aromatic rings. The Hall–Kier alpha value is -1.76. The van der Waals surface area contributed by atoms with Crippen LogP contribution in [0.2, 0.25) is 0 Å². The molecule has 0 bridgehead atoms. The predicted molar refractivity (Wildman–Crippen MR) is 130 cm³/mol. The molecular weight excluding hydrogens is 447 g/mol. The van der Waals surface area contributed by atoms with Gasteiger partial charge in [0.15, 0.2) is 5.78 Å². The van der Waals surface area contributed by atoms with Gasteiger partial charge in [0.05, 0.1) is 5.56 Å². The Labute approximate surface area is 200 Å². The number of Topliss-reactive ketones (excluding diaryl/α,β-unsaturated/α-hetero) is 1. The Morgan fingerprint density at radius 2 is 1.78 bits per heavy atom. The summed E-state index contributed by atoms with van der Waals surface area (Å²) in [5, 5.41) is 0. The van der Waals surface area contributed by atoms with E-state index in [-0.39, 0.29) is 35.8 Å². The maximum atomic E-state index is 13.1. The Morgan fingerprint density at radius 1 is 1.09 bits per heavy atom. The molecule has 0 atom stereocenters. The van der Waals surface area contributed by atoms with Crippen LogP contribution in [-0.2, 0) is 6.42 Å². The molecule has 7 heteroatoms. The van der Waals surface area contributed by atoms with Gasteiger partial charge in [-0.1, -0.05) is 0 Å². The highest BCUT2D eigenvalue weighted by atomic mass is 35.5. The fourth-order valence-electron chi connectivity index (χ4n) is 4.75. The van der Waals surface area contributed by atoms with E-state index in [1.807, 2.05) is 4.90 Å². The molecule has 1 fully saturated rings. The molecule has 0 aliphatic carbocycles. The van der Waals surface area contributed by atoms with Gasteiger partial charge in [-0.05, 0) is 95.4 Å². The molecule has 1 amide bonds. The predicted octanol–water partition coefficient (Wildman–Crippen LogP) is 5.38. The number of aryl methyl sites for hydroxylation is 2. The van der Waals surface area contributed by atoms with Crippen molar-refractivity contribution in [1.29, 1.82) is 0 Å². The number of benzene rings is 1. The largest absolute Gasteiger partial charge is 0.339 e. The summed E-state index contributed by atoms with van der Waals surface area (Å²) in [6, 6.07) is 7.95. The summed E-state index contributed by atoms with van der Waals surface area (Å²) in [5.41, 5.74) is 1.54. The van der Waals surface area contributed by atoms with Gasteiger partial charge in [0, 0.05) is 34.3 Å². The number of hydrogen-bond acceptors (Lipinski definition) is 4. The zero-order valence-electron chi connectivity index (χ0n) is 18.6. The lowest BCUT2D eigenvalue weighted by molar-refractivity contribution is 0.0755. The van der Waals surface area contributed by atoms with Gasteiger partial charge in [-0.25, -0.2) is 4.39 Å². The van der Waals surface area contributed by atoms with Crippen LogP contribution in [0.1, 0.15) is 62.6 Å². The maximum absolute atomic E-state index is 13.1. The van der Waals surface area contributed by atoms with Gasteiger partial charge in [-0.3, -0.25) is 9.59 Å². The Kier molecular flexibility index (Phi) is 8.86. The standard InChI is InChI=1S/C25H31FN2O2S.ClH/c1-18-17-22-23(31-18)5-4-14-28(25(22)30)13-3-2-12-27-15-10-20(11-16-27)24(29)19-6-8-21(26)9-7-19;/h6-9,17,20H,2-5,10-16H2,1H3;1H. The molecule has 1 aromatic heterocycles. The Morgan fingerprint density at radius 3 is 2.50 bits per heavy atom. The van der Waals surface area contributed by atoms with E-state index in [0.29, 0.717) is 5.56 Å². The van der Waals surface area contributed by atoms with Gasteiger partial charge >= 0.3 is 0 Å². The number of halogens is 2. The molecule has 0 saturated carbocycles. The summed E-state index contributed by atoms with van der Waals surface area (Å²) in [6.07, 6.45) is 5.87. The highest BCUT2D eigenvalue weighted by Crippen LogP contribution is 2.27. The molecule has 0 unspecified atom stereocenters. The number of piperidine rings is 1. The quantitative estimate of drug-likeness (QED) is 0.396. The van der Waals surface area contributed by atoms with Crippen molar-refractivity contribution in [2.45, 2.75) is 45.4 Å². The molecule has 4 rings (SSSR count). The van der Waals surface area contributed by atoms with E-state index in [2.05, 4.69) is 17.9 Å². The van der Waals surface area contributed by atoms with Crippen molar-refractivity contribution >= 4 is 35.4 Å². The van der Waals surface area contributed by atoms with Crippen LogP contribution < -0.4 is 0 Å². The second kappa shape index (κ2) is 11.4. The molecular formula is C25H32ClFN2O2S. The first-order valence-electron chi connectivity index (χ1n) is 11.4. The van der Waals surface area contributed by atoms with Gasteiger partial charge in [-0.15, -0.1) is 23.7 Å². The summed E-state index contributed by atoms with van der Waals surface area (Å²) in [5.74, 6) is 0.0816. The fourth-order valence-corrected chi connectivity index (χ4v) is 5.82. The number of fused-ring (bicyclic) bond motifs is 1. The average Bonchev–Trinajstić information content (AvgIpc) is 3.09. The van der Waals surface area contributed by atoms with E-state index < -0.39 is 0 Å². The van der Waals surface area contributed by atoms with Crippen molar-refractivity contribution in [3.8, 4) is 0 Å². The lowest BCUT2D eigenvalue weighted by atomic mass is 9.89. The monoisotopic (exact) mass is 478 g/mol. The zero-order valence-corrected chi connectivity index (χ0v) is 20.3. The van der Waals surface area contributed by atoms with E-state index in [9.17, 15) is 14.0 Å². The van der Waals surface area contributed by atoms with Gasteiger partial charge in [-0.2, -0.15) is 0 Å². The molecule has 1 saturated heterocycles. The van der Waals surface area contributed by atoms with Crippen molar-refractivity contribution < 1.29 is 14.0 Å². The summed E-state index contributed by atoms with van der Waals surface area (Å²) >= 11 is 1.76. The van der Waals surface area contributed by atoms with E-state index in [1.54, 1.807) is 23.5 Å². The van der Waals surface area contributed by atoms with Crippen LogP contribution in [0.4, 0.5) is 4.39 Å². The highest BCUT2D eigenvalue weighted by Gasteiger charge is 2.26. The minimum absolute atomic E-state index is 0. The second-order valence-corrected chi connectivity index (χ2v) is 10.1. The van der Waals surface area contributed by atoms with Crippen LogP contribution in [-0.4, -0.2) is 54.2 Å². The van der Waals surface area contributed by atoms with E-state index in [0.717, 1.165) is 76.8 Å². The topological polar surface area (TPSA) is 40.6 Å². The number of rotatable bonds is 7. The third kappa shape index (κ3) is 5.97. The highest BCUT2D eigenvalue weighted by molar-refractivity contribution is 7.12. The van der Waals surface area contributed by atoms with Crippen molar-refractivity contribution in [3.05, 3.63) is 57.0 Å². The van der Waals surface area contributed by atoms with Crippen LogP contribution >= 0.6 is 23.7 Å². The molecule has 174 valence electrons. The molecule has 3 heterocycles. The number of likely N-dealkylation sites (tertiary alicyclic amines) is 1. The molecule has 0 spiro atoms. The molecule has 2 aliphatic heterocycles. The van der Waals surface area contributed by atoms with Gasteiger partial charge in [0.1, 0.15) is 5.82 Å². The third-order valence-electron chi connectivity index (χ3n) is 6.52. The SMILES string of the molecule is Cc1cc2c(s1)CCCN(CCCCN1CCC(C(=O)c3ccc(F)cc3)CC1)C2=O.Cl. The minimum atomic E-state index is -0.306. The summed E-state index contributed by atoms with van der Waals surface area (Å²) < 4.78 is 13.1. The molecule has 0 N–H and O–H groups in total. The number of hydrogen-bond donors (Lipinski definition) is 0. The lowest BCUT2D eigenvalue weighted by Crippen LogP contribution is -2.37.